The molecule has 1 aromatic heterocycles. The van der Waals surface area contributed by atoms with Gasteiger partial charge in [-0.1, -0.05) is 30.3 Å². The number of aromatic nitrogens is 1. The van der Waals surface area contributed by atoms with Crippen LogP contribution in [0.5, 0.6) is 0 Å². The molecule has 0 aliphatic rings. The van der Waals surface area contributed by atoms with E-state index in [1.54, 1.807) is 11.3 Å². The number of hydrogen-bond acceptors (Lipinski definition) is 4. The van der Waals surface area contributed by atoms with Gasteiger partial charge in [-0.2, -0.15) is 0 Å². The molecule has 3 nitrogen and oxygen atoms in total. The van der Waals surface area contributed by atoms with Crippen molar-refractivity contribution in [1.29, 1.82) is 0 Å². The molecule has 0 amide bonds. The van der Waals surface area contributed by atoms with Crippen molar-refractivity contribution in [3.63, 3.8) is 0 Å². The molecule has 3 N–H and O–H groups in total. The second-order valence-corrected chi connectivity index (χ2v) is 5.64. The second-order valence-electron chi connectivity index (χ2n) is 4.32. The lowest BCUT2D eigenvalue weighted by Crippen LogP contribution is -2.26. The smallest absolute Gasteiger partial charge is 0.0897 e. The molecular formula is C14H19N3S. The number of hydrogen-bond donors (Lipinski definition) is 2. The van der Waals surface area contributed by atoms with Crippen LogP contribution >= 0.6 is 11.3 Å². The number of rotatable bonds is 6. The van der Waals surface area contributed by atoms with E-state index < -0.39 is 0 Å². The topological polar surface area (TPSA) is 50.9 Å². The third kappa shape index (κ3) is 3.63. The highest BCUT2D eigenvalue weighted by atomic mass is 32.1. The van der Waals surface area contributed by atoms with Gasteiger partial charge in [-0.15, -0.1) is 11.3 Å². The Balaban J connectivity index is 1.84. The zero-order valence-electron chi connectivity index (χ0n) is 10.6. The molecular weight excluding hydrogens is 242 g/mol. The van der Waals surface area contributed by atoms with Crippen LogP contribution in [0.4, 0.5) is 0 Å². The number of aryl methyl sites for hydroxylation is 1. The van der Waals surface area contributed by atoms with Crippen molar-refractivity contribution in [3.8, 4) is 0 Å². The van der Waals surface area contributed by atoms with Crippen molar-refractivity contribution in [2.24, 2.45) is 5.73 Å². The summed E-state index contributed by atoms with van der Waals surface area (Å²) in [6.45, 7) is 4.46. The first-order valence-electron chi connectivity index (χ1n) is 6.16. The molecule has 1 heterocycles. The molecule has 0 radical (unpaired) electrons. The molecule has 1 unspecified atom stereocenters. The van der Waals surface area contributed by atoms with E-state index in [2.05, 4.69) is 34.6 Å². The molecule has 2 rings (SSSR count). The van der Waals surface area contributed by atoms with Gasteiger partial charge in [-0.3, -0.25) is 0 Å². The Morgan fingerprint density at radius 1 is 1.33 bits per heavy atom. The quantitative estimate of drug-likeness (QED) is 0.839. The van der Waals surface area contributed by atoms with Crippen LogP contribution in [-0.2, 0) is 6.54 Å². The predicted octanol–water partition coefficient (Wildman–Crippen LogP) is 2.28. The van der Waals surface area contributed by atoms with Crippen LogP contribution in [0.15, 0.2) is 36.5 Å². The Labute approximate surface area is 112 Å². The van der Waals surface area contributed by atoms with Crippen LogP contribution < -0.4 is 11.1 Å². The first kappa shape index (κ1) is 13.2. The largest absolute Gasteiger partial charge is 0.330 e. The van der Waals surface area contributed by atoms with Crippen molar-refractivity contribution in [3.05, 3.63) is 52.0 Å². The molecule has 0 aliphatic heterocycles. The third-order valence-corrected chi connectivity index (χ3v) is 3.83. The summed E-state index contributed by atoms with van der Waals surface area (Å²) in [5, 5.41) is 4.57. The van der Waals surface area contributed by atoms with Crippen LogP contribution in [0.2, 0.25) is 0 Å². The molecule has 18 heavy (non-hydrogen) atoms. The van der Waals surface area contributed by atoms with Gasteiger partial charge in [0.05, 0.1) is 5.01 Å². The molecule has 0 fully saturated rings. The summed E-state index contributed by atoms with van der Waals surface area (Å²) in [5.41, 5.74) is 7.14. The van der Waals surface area contributed by atoms with Gasteiger partial charge in [0.1, 0.15) is 0 Å². The molecule has 96 valence electrons. The maximum absolute atomic E-state index is 5.84. The Morgan fingerprint density at radius 2 is 2.11 bits per heavy atom. The fraction of sp³-hybridized carbons (Fsp3) is 0.357. The van der Waals surface area contributed by atoms with Crippen LogP contribution in [0.3, 0.4) is 0 Å². The second kappa shape index (κ2) is 6.64. The average Bonchev–Trinajstić information content (AvgIpc) is 2.81. The van der Waals surface area contributed by atoms with Crippen LogP contribution in [0.1, 0.15) is 21.4 Å². The van der Waals surface area contributed by atoms with Gasteiger partial charge in [0, 0.05) is 36.6 Å². The highest BCUT2D eigenvalue weighted by molar-refractivity contribution is 7.11. The van der Waals surface area contributed by atoms with E-state index in [4.69, 9.17) is 5.73 Å². The van der Waals surface area contributed by atoms with Crippen molar-refractivity contribution < 1.29 is 0 Å². The highest BCUT2D eigenvalue weighted by Gasteiger charge is 2.08. The minimum Gasteiger partial charge on any atom is -0.330 e. The molecule has 0 saturated carbocycles. The minimum absolute atomic E-state index is 0.375. The van der Waals surface area contributed by atoms with Crippen molar-refractivity contribution in [1.82, 2.24) is 10.3 Å². The third-order valence-electron chi connectivity index (χ3n) is 2.91. The Morgan fingerprint density at radius 3 is 2.72 bits per heavy atom. The number of nitrogens with one attached hydrogen (secondary N) is 1. The fourth-order valence-electron chi connectivity index (χ4n) is 1.92. The molecule has 1 atom stereocenters. The Kier molecular flexibility index (Phi) is 4.87. The zero-order chi connectivity index (χ0) is 12.8. The number of thiazole rings is 1. The van der Waals surface area contributed by atoms with Crippen LogP contribution in [0, 0.1) is 6.92 Å². The molecule has 0 bridgehead atoms. The van der Waals surface area contributed by atoms with Crippen LogP contribution in [-0.4, -0.2) is 18.1 Å². The summed E-state index contributed by atoms with van der Waals surface area (Å²) >= 11 is 1.74. The van der Waals surface area contributed by atoms with Gasteiger partial charge >= 0.3 is 0 Å². The van der Waals surface area contributed by atoms with E-state index in [1.165, 1.54) is 10.4 Å². The van der Waals surface area contributed by atoms with Crippen molar-refractivity contribution in [2.75, 3.05) is 13.1 Å². The normalized spacial score (nSPS) is 12.6. The van der Waals surface area contributed by atoms with E-state index in [0.29, 0.717) is 12.5 Å². The summed E-state index contributed by atoms with van der Waals surface area (Å²) < 4.78 is 0. The molecule has 2 aromatic rings. The average molecular weight is 261 g/mol. The lowest BCUT2D eigenvalue weighted by molar-refractivity contribution is 0.591. The molecule has 0 spiro atoms. The van der Waals surface area contributed by atoms with Gasteiger partial charge < -0.3 is 11.1 Å². The van der Waals surface area contributed by atoms with Crippen molar-refractivity contribution in [2.45, 2.75) is 19.4 Å². The van der Waals surface area contributed by atoms with Crippen LogP contribution in [0.25, 0.3) is 0 Å². The van der Waals surface area contributed by atoms with Gasteiger partial charge in [0.25, 0.3) is 0 Å². The Bertz CT molecular complexity index is 467. The molecule has 1 aromatic carbocycles. The summed E-state index contributed by atoms with van der Waals surface area (Å²) in [6, 6.07) is 10.4. The number of nitrogens with two attached hydrogens (primary N) is 1. The SMILES string of the molecule is Cc1ncc(CNCC(CN)c2ccccc2)s1. The predicted molar refractivity (Wildman–Crippen MR) is 76.8 cm³/mol. The lowest BCUT2D eigenvalue weighted by Gasteiger charge is -2.15. The molecule has 4 heteroatoms. The molecule has 0 aliphatic carbocycles. The van der Waals surface area contributed by atoms with Crippen molar-refractivity contribution >= 4 is 11.3 Å². The Hall–Kier alpha value is -1.23. The standard InChI is InChI=1S/C14H19N3S/c1-11-17-10-14(18-11)9-16-8-13(7-15)12-5-3-2-4-6-12/h2-6,10,13,16H,7-9,15H2,1H3. The highest BCUT2D eigenvalue weighted by Crippen LogP contribution is 2.14. The lowest BCUT2D eigenvalue weighted by atomic mass is 9.99. The maximum atomic E-state index is 5.84. The summed E-state index contributed by atoms with van der Waals surface area (Å²) in [6.07, 6.45) is 1.94. The molecule has 0 saturated heterocycles. The maximum Gasteiger partial charge on any atom is 0.0897 e. The summed E-state index contributed by atoms with van der Waals surface area (Å²) in [7, 11) is 0. The first-order chi connectivity index (χ1) is 8.79. The number of nitrogens with zero attached hydrogens (tertiary/aromatic N) is 1. The van der Waals surface area contributed by atoms with Gasteiger partial charge in [-0.05, 0) is 12.5 Å². The first-order valence-corrected chi connectivity index (χ1v) is 6.98. The fourth-order valence-corrected chi connectivity index (χ4v) is 2.68. The van der Waals surface area contributed by atoms with E-state index in [1.807, 2.05) is 19.2 Å². The van der Waals surface area contributed by atoms with Gasteiger partial charge in [0.15, 0.2) is 0 Å². The van der Waals surface area contributed by atoms with E-state index in [9.17, 15) is 0 Å². The van der Waals surface area contributed by atoms with Gasteiger partial charge in [0.2, 0.25) is 0 Å². The number of benzene rings is 1. The van der Waals surface area contributed by atoms with E-state index in [0.717, 1.165) is 18.1 Å². The summed E-state index contributed by atoms with van der Waals surface area (Å²) in [5.74, 6) is 0.375. The monoisotopic (exact) mass is 261 g/mol. The summed E-state index contributed by atoms with van der Waals surface area (Å²) in [4.78, 5) is 5.52. The van der Waals surface area contributed by atoms with Gasteiger partial charge in [-0.25, -0.2) is 4.98 Å². The zero-order valence-corrected chi connectivity index (χ0v) is 11.4. The van der Waals surface area contributed by atoms with E-state index in [-0.39, 0.29) is 0 Å². The minimum atomic E-state index is 0.375. The van der Waals surface area contributed by atoms with E-state index >= 15 is 0 Å².